The molecule has 0 aliphatic carbocycles. The summed E-state index contributed by atoms with van der Waals surface area (Å²) in [5.74, 6) is 0.676. The van der Waals surface area contributed by atoms with Crippen molar-refractivity contribution in [3.63, 3.8) is 0 Å². The van der Waals surface area contributed by atoms with Gasteiger partial charge < -0.3 is 4.74 Å². The predicted octanol–water partition coefficient (Wildman–Crippen LogP) is 3.15. The number of carbonyl (C=O) groups is 1. The summed E-state index contributed by atoms with van der Waals surface area (Å²) in [5.41, 5.74) is 0.761. The lowest BCUT2D eigenvalue weighted by Gasteiger charge is -2.12. The number of nitrogens with zero attached hydrogens (tertiary/aromatic N) is 5. The zero-order valence-corrected chi connectivity index (χ0v) is 12.9. The van der Waals surface area contributed by atoms with Crippen molar-refractivity contribution in [2.45, 2.75) is 32.6 Å². The molecule has 0 aromatic heterocycles. The Morgan fingerprint density at radius 1 is 1.04 bits per heavy atom. The summed E-state index contributed by atoms with van der Waals surface area (Å²) < 4.78 is 5.84. The van der Waals surface area contributed by atoms with Crippen molar-refractivity contribution in [2.24, 2.45) is 25.4 Å². The van der Waals surface area contributed by atoms with Crippen molar-refractivity contribution in [1.29, 1.82) is 0 Å². The maximum atomic E-state index is 11.9. The van der Waals surface area contributed by atoms with Crippen molar-refractivity contribution in [2.75, 3.05) is 6.61 Å². The quantitative estimate of drug-likeness (QED) is 0.724. The molecular weight excluding hydrogens is 294 g/mol. The van der Waals surface area contributed by atoms with Crippen molar-refractivity contribution in [3.05, 3.63) is 29.8 Å². The minimum Gasteiger partial charge on any atom is -0.493 e. The Morgan fingerprint density at radius 3 is 2.78 bits per heavy atom. The molecule has 0 radical (unpaired) electrons. The number of ether oxygens (including phenoxy) is 1. The topological polar surface area (TPSA) is 88.1 Å². The molecule has 7 nitrogen and oxygen atoms in total. The molecule has 0 saturated carbocycles. The summed E-state index contributed by atoms with van der Waals surface area (Å²) >= 11 is 0. The average Bonchev–Trinajstić information content (AvgIpc) is 3.04. The number of para-hydroxylation sites is 1. The van der Waals surface area contributed by atoms with Gasteiger partial charge in [-0.1, -0.05) is 38.3 Å². The fraction of sp³-hybridized carbons (Fsp3) is 0.375. The number of fused-ring (bicyclic) bond motifs is 1. The fourth-order valence-electron chi connectivity index (χ4n) is 2.30. The van der Waals surface area contributed by atoms with Gasteiger partial charge in [-0.2, -0.15) is 4.99 Å². The molecular formula is C16H17N5O2. The van der Waals surface area contributed by atoms with Crippen LogP contribution in [0.4, 0.5) is 0 Å². The van der Waals surface area contributed by atoms with Gasteiger partial charge in [-0.3, -0.25) is 4.79 Å². The first kappa shape index (κ1) is 15.2. The molecule has 2 aliphatic heterocycles. The summed E-state index contributed by atoms with van der Waals surface area (Å²) in [6.45, 7) is 2.80. The third kappa shape index (κ3) is 3.39. The summed E-state index contributed by atoms with van der Waals surface area (Å²) in [6.07, 6.45) is 4.52. The first-order valence-corrected chi connectivity index (χ1v) is 7.72. The van der Waals surface area contributed by atoms with Crippen molar-refractivity contribution in [3.8, 4) is 5.75 Å². The molecule has 2 aliphatic rings. The molecule has 118 valence electrons. The number of aliphatic imine (C=N–C) groups is 2. The van der Waals surface area contributed by atoms with Crippen molar-refractivity contribution < 1.29 is 9.53 Å². The molecule has 3 rings (SSSR count). The summed E-state index contributed by atoms with van der Waals surface area (Å²) in [6, 6.07) is 7.41. The number of carbonyl (C=O) groups excluding carboxylic acids is 1. The van der Waals surface area contributed by atoms with Gasteiger partial charge in [-0.05, 0) is 23.8 Å². The molecule has 0 fully saturated rings. The Hall–Kier alpha value is -2.70. The highest BCUT2D eigenvalue weighted by Crippen LogP contribution is 2.22. The van der Waals surface area contributed by atoms with Crippen LogP contribution in [0.1, 0.15) is 38.2 Å². The van der Waals surface area contributed by atoms with Crippen LogP contribution in [-0.2, 0) is 4.79 Å². The normalized spacial score (nSPS) is 15.9. The van der Waals surface area contributed by atoms with Crippen LogP contribution < -0.4 is 4.74 Å². The van der Waals surface area contributed by atoms with Gasteiger partial charge in [0.25, 0.3) is 0 Å². The van der Waals surface area contributed by atoms with Gasteiger partial charge in [-0.25, -0.2) is 4.99 Å². The van der Waals surface area contributed by atoms with E-state index < -0.39 is 5.91 Å². The van der Waals surface area contributed by atoms with E-state index in [1.54, 1.807) is 0 Å². The first-order valence-electron chi connectivity index (χ1n) is 7.72. The molecule has 7 heteroatoms. The monoisotopic (exact) mass is 311 g/mol. The van der Waals surface area contributed by atoms with E-state index in [4.69, 9.17) is 4.74 Å². The molecule has 2 heterocycles. The number of hydrogen-bond donors (Lipinski definition) is 0. The second kappa shape index (κ2) is 7.04. The Bertz CT molecular complexity index is 734. The first-order chi connectivity index (χ1) is 11.3. The van der Waals surface area contributed by atoms with Gasteiger partial charge in [0, 0.05) is 0 Å². The molecule has 0 spiro atoms. The lowest BCUT2D eigenvalue weighted by atomic mass is 10.1. The highest BCUT2D eigenvalue weighted by Gasteiger charge is 2.28. The Balaban J connectivity index is 1.77. The number of benzene rings is 1. The standard InChI is InChI=1S/C16H17N5O2/c1-2-3-4-7-10-23-12-9-6-5-8-11(12)14-17-15-13(16(22)18-14)19-21-20-15/h5-6,8-9H,2-4,7,10H2,1H3. The molecule has 1 amide bonds. The molecule has 0 saturated heterocycles. The van der Waals surface area contributed by atoms with Crippen LogP contribution in [-0.4, -0.2) is 29.9 Å². The van der Waals surface area contributed by atoms with E-state index in [-0.39, 0.29) is 17.4 Å². The smallest absolute Gasteiger partial charge is 0.303 e. The minimum absolute atomic E-state index is 0.0896. The number of hydrogen-bond acceptors (Lipinski definition) is 6. The third-order valence-corrected chi connectivity index (χ3v) is 3.50. The van der Waals surface area contributed by atoms with Crippen LogP contribution >= 0.6 is 0 Å². The SMILES string of the molecule is CCCCCCOc1ccccc1C1=NC(=O)C2=NN=NC2=N1. The van der Waals surface area contributed by atoms with E-state index >= 15 is 0 Å². The molecule has 0 atom stereocenters. The van der Waals surface area contributed by atoms with Crippen molar-refractivity contribution >= 4 is 23.3 Å². The van der Waals surface area contributed by atoms with E-state index in [0.717, 1.165) is 12.8 Å². The number of unbranched alkanes of at least 4 members (excludes halogenated alkanes) is 3. The van der Waals surface area contributed by atoms with Crippen LogP contribution in [0, 0.1) is 0 Å². The largest absolute Gasteiger partial charge is 0.493 e. The maximum absolute atomic E-state index is 11.9. The van der Waals surface area contributed by atoms with Gasteiger partial charge in [-0.15, -0.1) is 10.2 Å². The number of amidine groups is 2. The molecule has 23 heavy (non-hydrogen) atoms. The van der Waals surface area contributed by atoms with Crippen LogP contribution in [0.3, 0.4) is 0 Å². The summed E-state index contributed by atoms with van der Waals surface area (Å²) in [4.78, 5) is 20.2. The lowest BCUT2D eigenvalue weighted by Crippen LogP contribution is -2.26. The van der Waals surface area contributed by atoms with Gasteiger partial charge in [0.2, 0.25) is 11.5 Å². The number of amides is 1. The Kier molecular flexibility index (Phi) is 4.65. The van der Waals surface area contributed by atoms with Crippen molar-refractivity contribution in [1.82, 2.24) is 0 Å². The second-order valence-corrected chi connectivity index (χ2v) is 5.22. The minimum atomic E-state index is -0.479. The third-order valence-electron chi connectivity index (χ3n) is 3.50. The van der Waals surface area contributed by atoms with E-state index in [0.29, 0.717) is 17.9 Å². The molecule has 1 aromatic carbocycles. The zero-order valence-electron chi connectivity index (χ0n) is 12.9. The molecule has 0 N–H and O–H groups in total. The van der Waals surface area contributed by atoms with Crippen LogP contribution in [0.5, 0.6) is 5.75 Å². The Morgan fingerprint density at radius 2 is 1.91 bits per heavy atom. The Labute approximate surface area is 133 Å². The molecule has 0 bridgehead atoms. The average molecular weight is 311 g/mol. The van der Waals surface area contributed by atoms with Gasteiger partial charge in [0.15, 0.2) is 5.84 Å². The van der Waals surface area contributed by atoms with E-state index in [1.165, 1.54) is 12.8 Å². The van der Waals surface area contributed by atoms with E-state index in [2.05, 4.69) is 32.3 Å². The van der Waals surface area contributed by atoms with Crippen LogP contribution in [0.15, 0.2) is 49.7 Å². The van der Waals surface area contributed by atoms with E-state index in [1.807, 2.05) is 24.3 Å². The summed E-state index contributed by atoms with van der Waals surface area (Å²) in [7, 11) is 0. The zero-order chi connectivity index (χ0) is 16.1. The van der Waals surface area contributed by atoms with E-state index in [9.17, 15) is 4.79 Å². The maximum Gasteiger partial charge on any atom is 0.303 e. The number of rotatable bonds is 7. The highest BCUT2D eigenvalue weighted by atomic mass is 16.5. The molecule has 0 unspecified atom stereocenters. The summed E-state index contributed by atoms with van der Waals surface area (Å²) in [5, 5.41) is 10.8. The van der Waals surface area contributed by atoms with Gasteiger partial charge >= 0.3 is 5.91 Å². The fourth-order valence-corrected chi connectivity index (χ4v) is 2.30. The lowest BCUT2D eigenvalue weighted by molar-refractivity contribution is -0.111. The highest BCUT2D eigenvalue weighted by molar-refractivity contribution is 6.69. The van der Waals surface area contributed by atoms with Gasteiger partial charge in [0.1, 0.15) is 5.75 Å². The van der Waals surface area contributed by atoms with Crippen LogP contribution in [0.2, 0.25) is 0 Å². The predicted molar refractivity (Wildman–Crippen MR) is 87.3 cm³/mol. The van der Waals surface area contributed by atoms with Gasteiger partial charge in [0.05, 0.1) is 12.2 Å². The second-order valence-electron chi connectivity index (χ2n) is 5.22. The molecule has 1 aromatic rings. The van der Waals surface area contributed by atoms with Crippen LogP contribution in [0.25, 0.3) is 0 Å².